The van der Waals surface area contributed by atoms with Gasteiger partial charge >= 0.3 is 12.0 Å². The number of rotatable bonds is 3. The molecule has 190 valence electrons. The van der Waals surface area contributed by atoms with Crippen molar-refractivity contribution in [2.45, 2.75) is 32.7 Å². The highest BCUT2D eigenvalue weighted by Gasteiger charge is 2.29. The molecule has 0 atom stereocenters. The summed E-state index contributed by atoms with van der Waals surface area (Å²) < 4.78 is 19.7. The zero-order valence-electron chi connectivity index (χ0n) is 20.6. The summed E-state index contributed by atoms with van der Waals surface area (Å²) in [6.07, 6.45) is 2.95. The molecule has 0 saturated heterocycles. The lowest BCUT2D eigenvalue weighted by atomic mass is 10.0. The Hall–Kier alpha value is -4.20. The topological polar surface area (TPSA) is 79.0 Å². The number of ether oxygens (including phenoxy) is 1. The highest BCUT2D eigenvalue weighted by atomic mass is 19.1. The first-order valence-corrected chi connectivity index (χ1v) is 12.4. The van der Waals surface area contributed by atoms with Crippen molar-refractivity contribution in [2.24, 2.45) is 0 Å². The largest absolute Gasteiger partial charge is 0.460 e. The quantitative estimate of drug-likeness (QED) is 0.512. The average molecular weight is 502 g/mol. The number of anilines is 2. The number of halogens is 1. The van der Waals surface area contributed by atoms with Crippen LogP contribution in [-0.2, 0) is 17.7 Å². The van der Waals surface area contributed by atoms with Gasteiger partial charge in [0.05, 0.1) is 17.8 Å². The van der Waals surface area contributed by atoms with Crippen LogP contribution < -0.4 is 15.1 Å². The molecule has 0 aliphatic carbocycles. The fourth-order valence-corrected chi connectivity index (χ4v) is 4.93. The number of amides is 3. The Kier molecular flexibility index (Phi) is 6.90. The van der Waals surface area contributed by atoms with Gasteiger partial charge in [0, 0.05) is 24.3 Å². The molecule has 3 aromatic rings. The number of benzene rings is 3. The number of para-hydroxylation sites is 2. The smallest absolute Gasteiger partial charge is 0.340 e. The summed E-state index contributed by atoms with van der Waals surface area (Å²) >= 11 is 0. The van der Waals surface area contributed by atoms with Gasteiger partial charge < -0.3 is 15.0 Å². The summed E-state index contributed by atoms with van der Waals surface area (Å²) in [6.45, 7) is 2.75. The third kappa shape index (κ3) is 4.91. The van der Waals surface area contributed by atoms with Gasteiger partial charge in [0.25, 0.3) is 5.91 Å². The molecule has 1 N–H and O–H groups in total. The molecular formula is C29H28FN3O4. The number of nitrogens with zero attached hydrogens (tertiary/aromatic N) is 2. The second-order valence-electron chi connectivity index (χ2n) is 9.27. The Bertz CT molecular complexity index is 1370. The maximum atomic E-state index is 14.6. The Balaban J connectivity index is 1.31. The number of urea groups is 1. The van der Waals surface area contributed by atoms with Crippen LogP contribution in [0.5, 0.6) is 0 Å². The van der Waals surface area contributed by atoms with Crippen molar-refractivity contribution in [3.63, 3.8) is 0 Å². The Morgan fingerprint density at radius 2 is 1.84 bits per heavy atom. The van der Waals surface area contributed by atoms with E-state index in [0.29, 0.717) is 12.1 Å². The van der Waals surface area contributed by atoms with E-state index in [1.807, 2.05) is 42.2 Å². The van der Waals surface area contributed by atoms with Gasteiger partial charge in [0.1, 0.15) is 12.4 Å². The fourth-order valence-electron chi connectivity index (χ4n) is 4.93. The molecule has 5 rings (SSSR count). The third-order valence-electron chi connectivity index (χ3n) is 6.89. The lowest BCUT2D eigenvalue weighted by Crippen LogP contribution is -2.41. The minimum atomic E-state index is -0.666. The van der Waals surface area contributed by atoms with Gasteiger partial charge in [-0.15, -0.1) is 0 Å². The van der Waals surface area contributed by atoms with Crippen molar-refractivity contribution in [1.82, 2.24) is 5.32 Å². The number of fused-ring (bicyclic) bond motifs is 2. The molecule has 0 fully saturated rings. The van der Waals surface area contributed by atoms with Crippen LogP contribution in [0.1, 0.15) is 50.2 Å². The first-order chi connectivity index (χ1) is 17.9. The van der Waals surface area contributed by atoms with E-state index >= 15 is 0 Å². The van der Waals surface area contributed by atoms with Gasteiger partial charge in [-0.3, -0.25) is 9.69 Å². The minimum absolute atomic E-state index is 0.0155. The normalized spacial score (nSPS) is 15.1. The summed E-state index contributed by atoms with van der Waals surface area (Å²) in [6, 6.07) is 17.0. The number of hydrogen-bond donors (Lipinski definition) is 1. The number of nitrogens with one attached hydrogen (secondary N) is 1. The van der Waals surface area contributed by atoms with Crippen molar-refractivity contribution in [3.05, 3.63) is 94.3 Å². The molecule has 0 spiro atoms. The van der Waals surface area contributed by atoms with Crippen LogP contribution in [0.25, 0.3) is 0 Å². The highest BCUT2D eigenvalue weighted by Crippen LogP contribution is 2.29. The predicted molar refractivity (Wildman–Crippen MR) is 138 cm³/mol. The third-order valence-corrected chi connectivity index (χ3v) is 6.89. The first-order valence-electron chi connectivity index (χ1n) is 12.4. The van der Waals surface area contributed by atoms with E-state index in [1.54, 1.807) is 6.07 Å². The second kappa shape index (κ2) is 10.4. The van der Waals surface area contributed by atoms with E-state index in [4.69, 9.17) is 4.74 Å². The number of carbonyl (C=O) groups excluding carboxylic acids is 3. The average Bonchev–Trinajstić information content (AvgIpc) is 3.22. The Labute approximate surface area is 214 Å². The van der Waals surface area contributed by atoms with Gasteiger partial charge in [-0.25, -0.2) is 14.0 Å². The SMILES string of the molecule is Cc1cc(C(=O)N2CCCCc3ccccc32)ccc1CNC(=O)N1CCOC(=O)c2cccc(F)c21. The molecule has 8 heteroatoms. The zero-order valence-corrected chi connectivity index (χ0v) is 20.6. The summed E-state index contributed by atoms with van der Waals surface area (Å²) in [5.41, 5.74) is 4.35. The maximum Gasteiger partial charge on any atom is 0.340 e. The van der Waals surface area contributed by atoms with Gasteiger partial charge in [0.15, 0.2) is 0 Å². The lowest BCUT2D eigenvalue weighted by Gasteiger charge is -2.24. The van der Waals surface area contributed by atoms with E-state index in [1.165, 1.54) is 28.7 Å². The minimum Gasteiger partial charge on any atom is -0.460 e. The highest BCUT2D eigenvalue weighted by molar-refractivity contribution is 6.07. The molecule has 2 heterocycles. The summed E-state index contributed by atoms with van der Waals surface area (Å²) in [4.78, 5) is 41.7. The van der Waals surface area contributed by atoms with Crippen LogP contribution in [0.15, 0.2) is 60.7 Å². The lowest BCUT2D eigenvalue weighted by molar-refractivity contribution is 0.0526. The number of cyclic esters (lactones) is 1. The van der Waals surface area contributed by atoms with Crippen molar-refractivity contribution < 1.29 is 23.5 Å². The van der Waals surface area contributed by atoms with E-state index in [-0.39, 0.29) is 36.9 Å². The maximum absolute atomic E-state index is 14.6. The molecule has 0 aromatic heterocycles. The molecule has 0 bridgehead atoms. The van der Waals surface area contributed by atoms with E-state index < -0.39 is 17.8 Å². The number of aryl methyl sites for hydroxylation is 2. The van der Waals surface area contributed by atoms with Crippen LogP contribution in [-0.4, -0.2) is 37.6 Å². The van der Waals surface area contributed by atoms with Crippen LogP contribution in [0.3, 0.4) is 0 Å². The summed E-state index contributed by atoms with van der Waals surface area (Å²) in [7, 11) is 0. The molecule has 0 radical (unpaired) electrons. The molecular weight excluding hydrogens is 473 g/mol. The molecule has 37 heavy (non-hydrogen) atoms. The van der Waals surface area contributed by atoms with Gasteiger partial charge in [0.2, 0.25) is 0 Å². The van der Waals surface area contributed by atoms with Crippen molar-refractivity contribution in [1.29, 1.82) is 0 Å². The van der Waals surface area contributed by atoms with Crippen molar-refractivity contribution >= 4 is 29.3 Å². The molecule has 0 unspecified atom stereocenters. The van der Waals surface area contributed by atoms with Crippen LogP contribution >= 0.6 is 0 Å². The molecule has 3 aromatic carbocycles. The van der Waals surface area contributed by atoms with Gasteiger partial charge in [-0.1, -0.05) is 30.3 Å². The Morgan fingerprint density at radius 3 is 2.68 bits per heavy atom. The number of hydrogen-bond acceptors (Lipinski definition) is 4. The summed E-state index contributed by atoms with van der Waals surface area (Å²) in [5, 5.41) is 2.81. The number of carbonyl (C=O) groups is 3. The first kappa shape index (κ1) is 24.5. The molecule has 7 nitrogen and oxygen atoms in total. The van der Waals surface area contributed by atoms with Crippen LogP contribution in [0, 0.1) is 12.7 Å². The molecule has 0 saturated carbocycles. The van der Waals surface area contributed by atoms with E-state index in [9.17, 15) is 18.8 Å². The van der Waals surface area contributed by atoms with Crippen molar-refractivity contribution in [3.8, 4) is 0 Å². The van der Waals surface area contributed by atoms with E-state index in [2.05, 4.69) is 11.4 Å². The van der Waals surface area contributed by atoms with Crippen LogP contribution in [0.2, 0.25) is 0 Å². The standard InChI is InChI=1S/C29H28FN3O4/c1-19-17-21(27(34)32-14-5-4-8-20-7-2-3-11-25(20)32)12-13-22(19)18-31-29(36)33-15-16-37-28(35)23-9-6-10-24(30)26(23)33/h2-3,6-7,9-13,17H,4-5,8,14-16,18H2,1H3,(H,31,36). The predicted octanol–water partition coefficient (Wildman–Crippen LogP) is 5.00. The molecule has 3 amide bonds. The fraction of sp³-hybridized carbons (Fsp3) is 0.276. The Morgan fingerprint density at radius 1 is 1.00 bits per heavy atom. The monoisotopic (exact) mass is 501 g/mol. The molecule has 2 aliphatic heterocycles. The van der Waals surface area contributed by atoms with Gasteiger partial charge in [-0.2, -0.15) is 0 Å². The number of esters is 1. The zero-order chi connectivity index (χ0) is 25.9. The molecule has 2 aliphatic rings. The van der Waals surface area contributed by atoms with Crippen LogP contribution in [0.4, 0.5) is 20.6 Å². The second-order valence-corrected chi connectivity index (χ2v) is 9.27. The van der Waals surface area contributed by atoms with E-state index in [0.717, 1.165) is 36.1 Å². The van der Waals surface area contributed by atoms with Crippen molar-refractivity contribution in [2.75, 3.05) is 29.5 Å². The van der Waals surface area contributed by atoms with Gasteiger partial charge in [-0.05, 0) is 73.2 Å². The summed E-state index contributed by atoms with van der Waals surface area (Å²) in [5.74, 6) is -1.37.